The van der Waals surface area contributed by atoms with E-state index in [1.165, 1.54) is 0 Å². The zero-order chi connectivity index (χ0) is 32.2. The third kappa shape index (κ3) is 9.64. The van der Waals surface area contributed by atoms with E-state index in [1.807, 2.05) is 13.8 Å². The number of morpholine rings is 1. The van der Waals surface area contributed by atoms with Crippen molar-refractivity contribution >= 4 is 29.5 Å². The van der Waals surface area contributed by atoms with Crippen molar-refractivity contribution < 1.29 is 33.4 Å². The summed E-state index contributed by atoms with van der Waals surface area (Å²) in [6.07, 6.45) is 3.51. The fourth-order valence-electron chi connectivity index (χ4n) is 6.01. The molecular weight excluding hydrogens is 580 g/mol. The minimum atomic E-state index is -1.23. The molecule has 2 aliphatic heterocycles. The van der Waals surface area contributed by atoms with Crippen LogP contribution in [0.4, 0.5) is 0 Å². The van der Waals surface area contributed by atoms with Gasteiger partial charge in [0.1, 0.15) is 30.0 Å². The van der Waals surface area contributed by atoms with Gasteiger partial charge < -0.3 is 36.1 Å². The average Bonchev–Trinajstić information content (AvgIpc) is 3.03. The molecule has 2 atom stereocenters. The summed E-state index contributed by atoms with van der Waals surface area (Å²) in [6.45, 7) is 8.11. The Labute approximate surface area is 264 Å². The van der Waals surface area contributed by atoms with Crippen LogP contribution in [0.25, 0.3) is 0 Å². The van der Waals surface area contributed by atoms with Crippen LogP contribution >= 0.6 is 0 Å². The Morgan fingerprint density at radius 2 is 1.76 bits per heavy atom. The lowest BCUT2D eigenvalue weighted by molar-refractivity contribution is -0.138. The summed E-state index contributed by atoms with van der Waals surface area (Å²) in [5.74, 6) is -2.34. The van der Waals surface area contributed by atoms with Gasteiger partial charge in [-0.2, -0.15) is 0 Å². The van der Waals surface area contributed by atoms with Crippen molar-refractivity contribution in [1.82, 2.24) is 31.5 Å². The molecule has 1 aromatic carbocycles. The maximum atomic E-state index is 13.8. The van der Waals surface area contributed by atoms with Crippen LogP contribution < -0.4 is 31.3 Å². The molecule has 45 heavy (non-hydrogen) atoms. The number of carbonyl (C=O) groups is 5. The third-order valence-corrected chi connectivity index (χ3v) is 8.61. The first-order valence-electron chi connectivity index (χ1n) is 16.2. The van der Waals surface area contributed by atoms with E-state index in [9.17, 15) is 24.0 Å². The van der Waals surface area contributed by atoms with E-state index >= 15 is 0 Å². The van der Waals surface area contributed by atoms with Crippen molar-refractivity contribution in [1.29, 1.82) is 0 Å². The zero-order valence-electron chi connectivity index (χ0n) is 26.5. The van der Waals surface area contributed by atoms with Gasteiger partial charge in [-0.15, -0.1) is 0 Å². The van der Waals surface area contributed by atoms with Crippen molar-refractivity contribution in [3.8, 4) is 5.75 Å². The standard InChI is InChI=1S/C32H48N6O7/c1-22(2)27-30(42)34-14-18-45-25-10-5-4-9-23(25)28(40)35-24(29(41)33-13-8-15-38-16-19-44-20-17-38)21-26(39)37-32(31(43)36-27)11-6-3-7-12-32/h4-5,9-10,22,24,27H,3,6-8,11-21H2,1-2H3,(H,33,41)(H,34,42)(H,35,40)(H,36,43)(H,37,39)/t24-,27+/m0/s1. The number of nitrogens with zero attached hydrogens (tertiary/aromatic N) is 1. The molecule has 5 amide bonds. The highest BCUT2D eigenvalue weighted by Gasteiger charge is 2.43. The molecule has 1 saturated heterocycles. The Kier molecular flexibility index (Phi) is 12.6. The Morgan fingerprint density at radius 3 is 2.49 bits per heavy atom. The number of benzene rings is 1. The first-order valence-corrected chi connectivity index (χ1v) is 16.2. The second-order valence-corrected chi connectivity index (χ2v) is 12.4. The second kappa shape index (κ2) is 16.6. The Morgan fingerprint density at radius 1 is 1.02 bits per heavy atom. The van der Waals surface area contributed by atoms with Gasteiger partial charge in [-0.05, 0) is 43.9 Å². The van der Waals surface area contributed by atoms with E-state index in [0.29, 0.717) is 39.0 Å². The first kappa shape index (κ1) is 34.2. The highest BCUT2D eigenvalue weighted by Crippen LogP contribution is 2.29. The summed E-state index contributed by atoms with van der Waals surface area (Å²) in [7, 11) is 0. The SMILES string of the molecule is CC(C)[C@H]1NC(=O)C2(CCCCC2)NC(=O)C[C@@H](C(=O)NCCCN2CCOCC2)NC(=O)c2ccccc2OCCNC1=O. The quantitative estimate of drug-likeness (QED) is 0.284. The average molecular weight is 629 g/mol. The molecule has 0 aromatic heterocycles. The van der Waals surface area contributed by atoms with Crippen LogP contribution in [-0.2, 0) is 23.9 Å². The molecule has 13 heteroatoms. The predicted octanol–water partition coefficient (Wildman–Crippen LogP) is 0.482. The van der Waals surface area contributed by atoms with E-state index in [-0.39, 0.29) is 42.7 Å². The normalized spacial score (nSPS) is 23.9. The van der Waals surface area contributed by atoms with Gasteiger partial charge in [-0.25, -0.2) is 0 Å². The van der Waals surface area contributed by atoms with Crippen molar-refractivity contribution in [2.75, 3.05) is 52.5 Å². The molecule has 248 valence electrons. The minimum absolute atomic E-state index is 0.0752. The lowest BCUT2D eigenvalue weighted by atomic mass is 9.80. The summed E-state index contributed by atoms with van der Waals surface area (Å²) >= 11 is 0. The first-order chi connectivity index (χ1) is 21.7. The minimum Gasteiger partial charge on any atom is -0.491 e. The number of ether oxygens (including phenoxy) is 2. The van der Waals surface area contributed by atoms with Crippen LogP contribution in [0.2, 0.25) is 0 Å². The van der Waals surface area contributed by atoms with E-state index in [0.717, 1.165) is 38.9 Å². The summed E-state index contributed by atoms with van der Waals surface area (Å²) in [4.78, 5) is 69.6. The van der Waals surface area contributed by atoms with Gasteiger partial charge in [0.25, 0.3) is 5.91 Å². The van der Waals surface area contributed by atoms with Gasteiger partial charge in [0.2, 0.25) is 23.6 Å². The molecule has 0 unspecified atom stereocenters. The molecule has 1 spiro atoms. The lowest BCUT2D eigenvalue weighted by Gasteiger charge is -2.38. The smallest absolute Gasteiger partial charge is 0.255 e. The van der Waals surface area contributed by atoms with Crippen molar-refractivity contribution in [2.45, 2.75) is 76.4 Å². The molecule has 13 nitrogen and oxygen atoms in total. The zero-order valence-corrected chi connectivity index (χ0v) is 26.5. The number of hydrogen-bond donors (Lipinski definition) is 5. The van der Waals surface area contributed by atoms with Crippen LogP contribution in [-0.4, -0.2) is 105 Å². The molecule has 1 saturated carbocycles. The van der Waals surface area contributed by atoms with Gasteiger partial charge in [-0.1, -0.05) is 45.2 Å². The molecule has 1 aliphatic carbocycles. The molecular formula is C32H48N6O7. The lowest BCUT2D eigenvalue weighted by Crippen LogP contribution is -2.64. The van der Waals surface area contributed by atoms with Gasteiger partial charge in [0, 0.05) is 19.6 Å². The van der Waals surface area contributed by atoms with E-state index < -0.39 is 41.3 Å². The van der Waals surface area contributed by atoms with E-state index in [1.54, 1.807) is 24.3 Å². The van der Waals surface area contributed by atoms with Crippen LogP contribution in [0, 0.1) is 5.92 Å². The molecule has 5 N–H and O–H groups in total. The molecule has 3 aliphatic rings. The summed E-state index contributed by atoms with van der Waals surface area (Å²) < 4.78 is 11.2. The van der Waals surface area contributed by atoms with Crippen LogP contribution in [0.1, 0.15) is 69.2 Å². The molecule has 1 aromatic rings. The Balaban J connectivity index is 1.55. The maximum absolute atomic E-state index is 13.8. The number of fused-ring (bicyclic) bond motifs is 1. The summed E-state index contributed by atoms with van der Waals surface area (Å²) in [6, 6.07) is 4.57. The van der Waals surface area contributed by atoms with Gasteiger partial charge in [0.15, 0.2) is 0 Å². The van der Waals surface area contributed by atoms with Crippen molar-refractivity contribution in [3.63, 3.8) is 0 Å². The predicted molar refractivity (Wildman–Crippen MR) is 166 cm³/mol. The van der Waals surface area contributed by atoms with Crippen LogP contribution in [0.15, 0.2) is 24.3 Å². The topological polar surface area (TPSA) is 167 Å². The van der Waals surface area contributed by atoms with Gasteiger partial charge >= 0.3 is 0 Å². The fraction of sp³-hybridized carbons (Fsp3) is 0.656. The Hall–Kier alpha value is -3.71. The number of amides is 5. The van der Waals surface area contributed by atoms with Crippen LogP contribution in [0.5, 0.6) is 5.75 Å². The highest BCUT2D eigenvalue weighted by atomic mass is 16.5. The van der Waals surface area contributed by atoms with Crippen molar-refractivity contribution in [3.05, 3.63) is 29.8 Å². The highest BCUT2D eigenvalue weighted by molar-refractivity contribution is 6.01. The molecule has 2 heterocycles. The second-order valence-electron chi connectivity index (χ2n) is 12.4. The van der Waals surface area contributed by atoms with Crippen LogP contribution in [0.3, 0.4) is 0 Å². The molecule has 2 fully saturated rings. The maximum Gasteiger partial charge on any atom is 0.255 e. The summed E-state index contributed by atoms with van der Waals surface area (Å²) in [5, 5.41) is 14.2. The summed E-state index contributed by atoms with van der Waals surface area (Å²) in [5.41, 5.74) is -1.03. The van der Waals surface area contributed by atoms with Gasteiger partial charge in [0.05, 0.1) is 31.7 Å². The monoisotopic (exact) mass is 628 g/mol. The Bertz CT molecular complexity index is 1200. The number of hydrogen-bond acceptors (Lipinski definition) is 8. The number of nitrogens with one attached hydrogen (secondary N) is 5. The molecule has 0 radical (unpaired) electrons. The molecule has 4 rings (SSSR count). The van der Waals surface area contributed by atoms with E-state index in [4.69, 9.17) is 9.47 Å². The van der Waals surface area contributed by atoms with Gasteiger partial charge in [-0.3, -0.25) is 28.9 Å². The third-order valence-electron chi connectivity index (χ3n) is 8.61. The fourth-order valence-corrected chi connectivity index (χ4v) is 6.01. The molecule has 0 bridgehead atoms. The number of carbonyl (C=O) groups excluding carboxylic acids is 5. The van der Waals surface area contributed by atoms with Crippen molar-refractivity contribution in [2.24, 2.45) is 5.92 Å². The van der Waals surface area contributed by atoms with E-state index in [2.05, 4.69) is 31.5 Å². The largest absolute Gasteiger partial charge is 0.491 e. The number of rotatable bonds is 6. The number of para-hydroxylation sites is 1.